The van der Waals surface area contributed by atoms with Crippen LogP contribution in [-0.4, -0.2) is 21.8 Å². The van der Waals surface area contributed by atoms with Gasteiger partial charge in [0.2, 0.25) is 0 Å². The van der Waals surface area contributed by atoms with Crippen molar-refractivity contribution >= 4 is 28.5 Å². The van der Waals surface area contributed by atoms with Gasteiger partial charge in [-0.1, -0.05) is 26.0 Å². The third kappa shape index (κ3) is 2.72. The fourth-order valence-corrected chi connectivity index (χ4v) is 3.77. The van der Waals surface area contributed by atoms with Gasteiger partial charge in [-0.15, -0.1) is 0 Å². The van der Waals surface area contributed by atoms with E-state index in [9.17, 15) is 14.0 Å². The zero-order valence-electron chi connectivity index (χ0n) is 16.4. The quantitative estimate of drug-likeness (QED) is 0.476. The monoisotopic (exact) mass is 399 g/mol. The summed E-state index contributed by atoms with van der Waals surface area (Å²) < 4.78 is 14.1. The van der Waals surface area contributed by atoms with Crippen molar-refractivity contribution in [3.63, 3.8) is 0 Å². The van der Waals surface area contributed by atoms with E-state index in [1.54, 1.807) is 24.3 Å². The number of fused-ring (bicyclic) bond motifs is 2. The van der Waals surface area contributed by atoms with Gasteiger partial charge < -0.3 is 4.98 Å². The van der Waals surface area contributed by atoms with E-state index in [1.807, 2.05) is 6.07 Å². The Morgan fingerprint density at radius 3 is 2.43 bits per heavy atom. The molecule has 0 unspecified atom stereocenters. The predicted octanol–water partition coefficient (Wildman–Crippen LogP) is 5.29. The first kappa shape index (κ1) is 18.2. The van der Waals surface area contributed by atoms with E-state index in [2.05, 4.69) is 35.9 Å². The number of carbonyl (C=O) groups is 2. The van der Waals surface area contributed by atoms with Crippen LogP contribution in [0.15, 0.2) is 60.7 Å². The molecule has 0 spiro atoms. The van der Waals surface area contributed by atoms with E-state index in [0.29, 0.717) is 17.4 Å². The summed E-state index contributed by atoms with van der Waals surface area (Å²) in [6, 6.07) is 17.1. The number of nitrogens with zero attached hydrogens (tertiary/aromatic N) is 2. The maximum Gasteiger partial charge on any atom is 0.269 e. The molecule has 2 heterocycles. The van der Waals surface area contributed by atoms with Crippen molar-refractivity contribution in [1.82, 2.24) is 9.97 Å². The first-order valence-electron chi connectivity index (χ1n) is 9.71. The van der Waals surface area contributed by atoms with Gasteiger partial charge in [0.1, 0.15) is 11.6 Å². The van der Waals surface area contributed by atoms with Gasteiger partial charge in [-0.25, -0.2) is 14.3 Å². The van der Waals surface area contributed by atoms with Crippen molar-refractivity contribution in [2.24, 2.45) is 0 Å². The second-order valence-electron chi connectivity index (χ2n) is 7.67. The highest BCUT2D eigenvalue weighted by atomic mass is 19.1. The lowest BCUT2D eigenvalue weighted by Gasteiger charge is -2.14. The fraction of sp³-hybridized carbons (Fsp3) is 0.125. The molecule has 5 nitrogen and oxygen atoms in total. The van der Waals surface area contributed by atoms with E-state index < -0.39 is 17.6 Å². The summed E-state index contributed by atoms with van der Waals surface area (Å²) >= 11 is 0. The molecule has 0 fully saturated rings. The number of aromatic amines is 1. The van der Waals surface area contributed by atoms with Crippen LogP contribution < -0.4 is 4.90 Å². The number of amides is 2. The highest BCUT2D eigenvalue weighted by molar-refractivity contribution is 6.34. The number of halogens is 1. The number of anilines is 1. The van der Waals surface area contributed by atoms with Crippen LogP contribution in [0.3, 0.4) is 0 Å². The molecule has 0 saturated heterocycles. The van der Waals surface area contributed by atoms with Crippen LogP contribution in [0, 0.1) is 5.82 Å². The minimum Gasteiger partial charge on any atom is -0.338 e. The minimum absolute atomic E-state index is 0.0855. The summed E-state index contributed by atoms with van der Waals surface area (Å²) in [4.78, 5) is 34.2. The number of benzene rings is 3. The lowest BCUT2D eigenvalue weighted by atomic mass is 10.0. The Bertz CT molecular complexity index is 1320. The molecule has 1 aromatic heterocycles. The SMILES string of the molecule is CC(C)c1ccc2nc(-c3ccc(N4C(=O)c5cccc(F)c5C4=O)cc3)[nH]c2c1. The average molecular weight is 399 g/mol. The lowest BCUT2D eigenvalue weighted by Crippen LogP contribution is -2.29. The minimum atomic E-state index is -0.687. The molecule has 2 amide bonds. The highest BCUT2D eigenvalue weighted by Gasteiger charge is 2.38. The Hall–Kier alpha value is -3.80. The molecule has 0 saturated carbocycles. The molecule has 0 bridgehead atoms. The van der Waals surface area contributed by atoms with Gasteiger partial charge in [0.05, 0.1) is 27.8 Å². The van der Waals surface area contributed by atoms with E-state index in [0.717, 1.165) is 21.5 Å². The van der Waals surface area contributed by atoms with Gasteiger partial charge in [0, 0.05) is 5.56 Å². The van der Waals surface area contributed by atoms with Crippen molar-refractivity contribution in [2.45, 2.75) is 19.8 Å². The molecular formula is C24H18FN3O2. The van der Waals surface area contributed by atoms with E-state index in [1.165, 1.54) is 23.8 Å². The topological polar surface area (TPSA) is 66.1 Å². The van der Waals surface area contributed by atoms with Gasteiger partial charge in [-0.05, 0) is 60.0 Å². The molecule has 0 radical (unpaired) electrons. The van der Waals surface area contributed by atoms with Gasteiger partial charge >= 0.3 is 0 Å². The van der Waals surface area contributed by atoms with Crippen LogP contribution >= 0.6 is 0 Å². The van der Waals surface area contributed by atoms with Crippen LogP contribution in [0.2, 0.25) is 0 Å². The molecule has 1 aliphatic rings. The summed E-state index contributed by atoms with van der Waals surface area (Å²) in [5.41, 5.74) is 4.18. The molecule has 6 heteroatoms. The summed E-state index contributed by atoms with van der Waals surface area (Å²) in [5, 5.41) is 0. The molecular weight excluding hydrogens is 381 g/mol. The second-order valence-corrected chi connectivity index (χ2v) is 7.67. The Morgan fingerprint density at radius 1 is 0.967 bits per heavy atom. The maximum atomic E-state index is 14.1. The first-order valence-corrected chi connectivity index (χ1v) is 9.71. The van der Waals surface area contributed by atoms with Gasteiger partial charge in [-0.2, -0.15) is 0 Å². The number of hydrogen-bond donors (Lipinski definition) is 1. The molecule has 3 aromatic carbocycles. The maximum absolute atomic E-state index is 14.1. The number of nitrogens with one attached hydrogen (secondary N) is 1. The second kappa shape index (κ2) is 6.62. The Labute approximate surface area is 172 Å². The molecule has 5 rings (SSSR count). The van der Waals surface area contributed by atoms with E-state index >= 15 is 0 Å². The van der Waals surface area contributed by atoms with Crippen LogP contribution in [-0.2, 0) is 0 Å². The summed E-state index contributed by atoms with van der Waals surface area (Å²) in [6.07, 6.45) is 0. The predicted molar refractivity (Wildman–Crippen MR) is 113 cm³/mol. The molecule has 0 aliphatic carbocycles. The summed E-state index contributed by atoms with van der Waals surface area (Å²) in [5.74, 6) is -0.734. The molecule has 0 atom stereocenters. The zero-order chi connectivity index (χ0) is 21.0. The number of aromatic nitrogens is 2. The van der Waals surface area contributed by atoms with Crippen molar-refractivity contribution in [2.75, 3.05) is 4.90 Å². The number of rotatable bonds is 3. The third-order valence-corrected chi connectivity index (χ3v) is 5.44. The number of imidazole rings is 1. The Kier molecular flexibility index (Phi) is 4.03. The molecule has 148 valence electrons. The van der Waals surface area contributed by atoms with Crippen LogP contribution in [0.4, 0.5) is 10.1 Å². The van der Waals surface area contributed by atoms with Gasteiger partial charge in [0.15, 0.2) is 0 Å². The molecule has 30 heavy (non-hydrogen) atoms. The number of H-pyrrole nitrogens is 1. The van der Waals surface area contributed by atoms with Crippen LogP contribution in [0.1, 0.15) is 46.0 Å². The van der Waals surface area contributed by atoms with Crippen LogP contribution in [0.25, 0.3) is 22.4 Å². The third-order valence-electron chi connectivity index (χ3n) is 5.44. The Morgan fingerprint density at radius 2 is 1.73 bits per heavy atom. The standard InChI is InChI=1S/C24H18FN3O2/c1-13(2)15-8-11-19-20(12-15)27-22(26-19)14-6-9-16(10-7-14)28-23(29)17-4-3-5-18(25)21(17)24(28)30/h3-13H,1-2H3,(H,26,27). The van der Waals surface area contributed by atoms with Crippen molar-refractivity contribution in [3.05, 3.63) is 83.2 Å². The lowest BCUT2D eigenvalue weighted by molar-refractivity contribution is 0.0925. The van der Waals surface area contributed by atoms with Crippen molar-refractivity contribution in [3.8, 4) is 11.4 Å². The highest BCUT2D eigenvalue weighted by Crippen LogP contribution is 2.31. The zero-order valence-corrected chi connectivity index (χ0v) is 16.4. The van der Waals surface area contributed by atoms with E-state index in [4.69, 9.17) is 0 Å². The molecule has 4 aromatic rings. The smallest absolute Gasteiger partial charge is 0.269 e. The Balaban J connectivity index is 1.48. The number of imide groups is 1. The number of carbonyl (C=O) groups excluding carboxylic acids is 2. The summed E-state index contributed by atoms with van der Waals surface area (Å²) in [7, 11) is 0. The summed E-state index contributed by atoms with van der Waals surface area (Å²) in [6.45, 7) is 4.28. The molecule has 1 N–H and O–H groups in total. The molecule has 1 aliphatic heterocycles. The normalized spacial score (nSPS) is 13.5. The first-order chi connectivity index (χ1) is 14.4. The van der Waals surface area contributed by atoms with Crippen molar-refractivity contribution < 1.29 is 14.0 Å². The average Bonchev–Trinajstić information content (AvgIpc) is 3.27. The van der Waals surface area contributed by atoms with E-state index in [-0.39, 0.29) is 11.1 Å². The van der Waals surface area contributed by atoms with Gasteiger partial charge in [-0.3, -0.25) is 9.59 Å². The number of hydrogen-bond acceptors (Lipinski definition) is 3. The fourth-order valence-electron chi connectivity index (χ4n) is 3.77. The largest absolute Gasteiger partial charge is 0.338 e. The van der Waals surface area contributed by atoms with Crippen LogP contribution in [0.5, 0.6) is 0 Å². The van der Waals surface area contributed by atoms with Gasteiger partial charge in [0.25, 0.3) is 11.8 Å². The van der Waals surface area contributed by atoms with Crippen molar-refractivity contribution in [1.29, 1.82) is 0 Å².